The van der Waals surface area contributed by atoms with Crippen LogP contribution in [0, 0.1) is 0 Å². The SMILES string of the molecule is CCOC(=O)C1=C(c2ccccc2OC)CCCC1. The van der Waals surface area contributed by atoms with Crippen LogP contribution >= 0.6 is 0 Å². The van der Waals surface area contributed by atoms with E-state index < -0.39 is 0 Å². The molecule has 0 N–H and O–H groups in total. The molecule has 1 aliphatic carbocycles. The van der Waals surface area contributed by atoms with Gasteiger partial charge >= 0.3 is 5.97 Å². The molecule has 1 aromatic carbocycles. The second-order valence-corrected chi connectivity index (χ2v) is 4.58. The summed E-state index contributed by atoms with van der Waals surface area (Å²) in [7, 11) is 1.66. The van der Waals surface area contributed by atoms with E-state index in [2.05, 4.69) is 0 Å². The molecule has 0 heterocycles. The van der Waals surface area contributed by atoms with Gasteiger partial charge in [-0.25, -0.2) is 4.79 Å². The molecule has 19 heavy (non-hydrogen) atoms. The Labute approximate surface area is 114 Å². The maximum Gasteiger partial charge on any atom is 0.334 e. The van der Waals surface area contributed by atoms with Crippen LogP contribution in [0.1, 0.15) is 38.2 Å². The average molecular weight is 260 g/mol. The van der Waals surface area contributed by atoms with E-state index in [1.54, 1.807) is 7.11 Å². The summed E-state index contributed by atoms with van der Waals surface area (Å²) in [5.41, 5.74) is 2.92. The van der Waals surface area contributed by atoms with Crippen molar-refractivity contribution in [1.82, 2.24) is 0 Å². The predicted molar refractivity (Wildman–Crippen MR) is 75.0 cm³/mol. The highest BCUT2D eigenvalue weighted by molar-refractivity contribution is 5.98. The monoisotopic (exact) mass is 260 g/mol. The fourth-order valence-corrected chi connectivity index (χ4v) is 2.54. The van der Waals surface area contributed by atoms with Crippen molar-refractivity contribution in [2.45, 2.75) is 32.6 Å². The molecule has 0 aromatic heterocycles. The molecule has 1 aromatic rings. The third-order valence-corrected chi connectivity index (χ3v) is 3.42. The number of carbonyl (C=O) groups is 1. The van der Waals surface area contributed by atoms with Gasteiger partial charge in [-0.3, -0.25) is 0 Å². The number of allylic oxidation sites excluding steroid dienone is 1. The molecule has 0 unspecified atom stereocenters. The van der Waals surface area contributed by atoms with Crippen molar-refractivity contribution in [3.05, 3.63) is 35.4 Å². The zero-order chi connectivity index (χ0) is 13.7. The van der Waals surface area contributed by atoms with E-state index >= 15 is 0 Å². The van der Waals surface area contributed by atoms with Gasteiger partial charge in [0.25, 0.3) is 0 Å². The average Bonchev–Trinajstić information content (AvgIpc) is 2.47. The third kappa shape index (κ3) is 2.98. The Bertz CT molecular complexity index is 489. The molecule has 0 saturated heterocycles. The van der Waals surface area contributed by atoms with Crippen LogP contribution in [0.4, 0.5) is 0 Å². The van der Waals surface area contributed by atoms with Crippen molar-refractivity contribution < 1.29 is 14.3 Å². The third-order valence-electron chi connectivity index (χ3n) is 3.42. The molecule has 102 valence electrons. The van der Waals surface area contributed by atoms with Crippen molar-refractivity contribution in [3.8, 4) is 5.75 Å². The topological polar surface area (TPSA) is 35.5 Å². The number of benzene rings is 1. The number of rotatable bonds is 4. The van der Waals surface area contributed by atoms with Gasteiger partial charge in [0, 0.05) is 11.1 Å². The molecular formula is C16H20O3. The highest BCUT2D eigenvalue weighted by Crippen LogP contribution is 2.37. The van der Waals surface area contributed by atoms with Crippen molar-refractivity contribution in [2.75, 3.05) is 13.7 Å². The van der Waals surface area contributed by atoms with Crippen LogP contribution in [0.3, 0.4) is 0 Å². The van der Waals surface area contributed by atoms with Crippen LogP contribution in [-0.4, -0.2) is 19.7 Å². The second kappa shape index (κ2) is 6.41. The van der Waals surface area contributed by atoms with Crippen molar-refractivity contribution in [2.24, 2.45) is 0 Å². The largest absolute Gasteiger partial charge is 0.496 e. The summed E-state index contributed by atoms with van der Waals surface area (Å²) in [6, 6.07) is 7.86. The Morgan fingerprint density at radius 2 is 1.95 bits per heavy atom. The lowest BCUT2D eigenvalue weighted by molar-refractivity contribution is -0.138. The summed E-state index contributed by atoms with van der Waals surface area (Å²) >= 11 is 0. The molecule has 0 spiro atoms. The number of carbonyl (C=O) groups excluding carboxylic acids is 1. The summed E-state index contributed by atoms with van der Waals surface area (Å²) in [5.74, 6) is 0.643. The lowest BCUT2D eigenvalue weighted by Gasteiger charge is -2.21. The van der Waals surface area contributed by atoms with Crippen LogP contribution in [-0.2, 0) is 9.53 Å². The van der Waals surface area contributed by atoms with Crippen molar-refractivity contribution in [3.63, 3.8) is 0 Å². The van der Waals surface area contributed by atoms with Gasteiger partial charge in [0.15, 0.2) is 0 Å². The van der Waals surface area contributed by atoms with Gasteiger partial charge in [0.2, 0.25) is 0 Å². The Morgan fingerprint density at radius 3 is 2.68 bits per heavy atom. The Hall–Kier alpha value is -1.77. The van der Waals surface area contributed by atoms with Crippen LogP contribution in [0.15, 0.2) is 29.8 Å². The molecule has 0 fully saturated rings. The van der Waals surface area contributed by atoms with E-state index in [9.17, 15) is 4.79 Å². The van der Waals surface area contributed by atoms with E-state index in [1.807, 2.05) is 31.2 Å². The first-order valence-electron chi connectivity index (χ1n) is 6.80. The molecule has 3 nitrogen and oxygen atoms in total. The minimum absolute atomic E-state index is 0.178. The number of hydrogen-bond acceptors (Lipinski definition) is 3. The van der Waals surface area contributed by atoms with Crippen molar-refractivity contribution >= 4 is 11.5 Å². The van der Waals surface area contributed by atoms with E-state index in [4.69, 9.17) is 9.47 Å². The molecular weight excluding hydrogens is 240 g/mol. The molecule has 0 amide bonds. The molecule has 1 aliphatic rings. The fraction of sp³-hybridized carbons (Fsp3) is 0.438. The van der Waals surface area contributed by atoms with Crippen LogP contribution in [0.2, 0.25) is 0 Å². The number of ether oxygens (including phenoxy) is 2. The number of hydrogen-bond donors (Lipinski definition) is 0. The predicted octanol–water partition coefficient (Wildman–Crippen LogP) is 3.59. The normalized spacial score (nSPS) is 15.3. The number of methoxy groups -OCH3 is 1. The first-order chi connectivity index (χ1) is 9.27. The summed E-state index contributed by atoms with van der Waals surface area (Å²) < 4.78 is 10.6. The minimum atomic E-state index is -0.178. The van der Waals surface area contributed by atoms with Gasteiger partial charge < -0.3 is 9.47 Å². The zero-order valence-corrected chi connectivity index (χ0v) is 11.6. The Kier molecular flexibility index (Phi) is 4.61. The number of para-hydroxylation sites is 1. The smallest absolute Gasteiger partial charge is 0.334 e. The first-order valence-corrected chi connectivity index (χ1v) is 6.80. The van der Waals surface area contributed by atoms with E-state index in [0.717, 1.165) is 48.1 Å². The maximum absolute atomic E-state index is 12.1. The summed E-state index contributed by atoms with van der Waals surface area (Å²) in [4.78, 5) is 12.1. The minimum Gasteiger partial charge on any atom is -0.496 e. The lowest BCUT2D eigenvalue weighted by atomic mass is 9.87. The van der Waals surface area contributed by atoms with Gasteiger partial charge in [-0.1, -0.05) is 18.2 Å². The highest BCUT2D eigenvalue weighted by atomic mass is 16.5. The van der Waals surface area contributed by atoms with Gasteiger partial charge in [0.05, 0.1) is 13.7 Å². The lowest BCUT2D eigenvalue weighted by Crippen LogP contribution is -2.13. The van der Waals surface area contributed by atoms with Crippen LogP contribution in [0.25, 0.3) is 5.57 Å². The van der Waals surface area contributed by atoms with Gasteiger partial charge in [-0.15, -0.1) is 0 Å². The molecule has 0 saturated carbocycles. The summed E-state index contributed by atoms with van der Waals surface area (Å²) in [6.07, 6.45) is 3.86. The Morgan fingerprint density at radius 1 is 1.21 bits per heavy atom. The van der Waals surface area contributed by atoms with E-state index in [0.29, 0.717) is 6.61 Å². The van der Waals surface area contributed by atoms with Crippen LogP contribution < -0.4 is 4.74 Å². The fourth-order valence-electron chi connectivity index (χ4n) is 2.54. The first kappa shape index (κ1) is 13.7. The quantitative estimate of drug-likeness (QED) is 0.776. The molecule has 0 aliphatic heterocycles. The summed E-state index contributed by atoms with van der Waals surface area (Å²) in [6.45, 7) is 2.26. The van der Waals surface area contributed by atoms with Crippen LogP contribution in [0.5, 0.6) is 5.75 Å². The molecule has 0 radical (unpaired) electrons. The van der Waals surface area contributed by atoms with Gasteiger partial charge in [-0.2, -0.15) is 0 Å². The number of esters is 1. The second-order valence-electron chi connectivity index (χ2n) is 4.58. The highest BCUT2D eigenvalue weighted by Gasteiger charge is 2.22. The standard InChI is InChI=1S/C16H20O3/c1-3-19-16(17)14-10-5-4-8-12(14)13-9-6-7-11-15(13)18-2/h6-7,9,11H,3-5,8,10H2,1-2H3. The maximum atomic E-state index is 12.1. The Balaban J connectivity index is 2.45. The van der Waals surface area contributed by atoms with E-state index in [1.165, 1.54) is 0 Å². The molecule has 3 heteroatoms. The summed E-state index contributed by atoms with van der Waals surface area (Å²) in [5, 5.41) is 0. The molecule has 0 atom stereocenters. The van der Waals surface area contributed by atoms with Crippen molar-refractivity contribution in [1.29, 1.82) is 0 Å². The molecule has 0 bridgehead atoms. The molecule has 2 rings (SSSR count). The van der Waals surface area contributed by atoms with Gasteiger partial charge in [0.1, 0.15) is 5.75 Å². The van der Waals surface area contributed by atoms with E-state index in [-0.39, 0.29) is 5.97 Å². The van der Waals surface area contributed by atoms with Gasteiger partial charge in [-0.05, 0) is 44.2 Å². The zero-order valence-electron chi connectivity index (χ0n) is 11.6.